The molecule has 2 fully saturated rings. The largest absolute Gasteiger partial charge is 0.545 e. The van der Waals surface area contributed by atoms with Crippen molar-refractivity contribution in [3.05, 3.63) is 59.4 Å². The smallest absolute Gasteiger partial charge is 0.135 e. The summed E-state index contributed by atoms with van der Waals surface area (Å²) in [6.07, 6.45) is 13.3. The molecule has 29 heavy (non-hydrogen) atoms. The Balaban J connectivity index is 0.00000205. The number of para-hydroxylation sites is 1. The van der Waals surface area contributed by atoms with Gasteiger partial charge in [0.1, 0.15) is 11.5 Å². The van der Waals surface area contributed by atoms with Crippen molar-refractivity contribution in [3.8, 4) is 5.75 Å². The average Bonchev–Trinajstić information content (AvgIpc) is 3.27. The van der Waals surface area contributed by atoms with Crippen molar-refractivity contribution in [3.63, 3.8) is 0 Å². The summed E-state index contributed by atoms with van der Waals surface area (Å²) in [6, 6.07) is 7.44. The van der Waals surface area contributed by atoms with Crippen molar-refractivity contribution in [1.29, 1.82) is 0 Å². The van der Waals surface area contributed by atoms with Crippen LogP contribution in [0.5, 0.6) is 5.75 Å². The molecule has 2 unspecified atom stereocenters. The molecule has 2 atom stereocenters. The Hall–Kier alpha value is -2.04. The predicted octanol–water partition coefficient (Wildman–Crippen LogP) is 3.63. The standard InChI is InChI=1S/C24H27NO3.ClH/c26-23(27)21-18-9-4-5-10-19(18)28-20-11-6-13-24(22(20)21,17-12-14-25-15-17)16-7-2-1-3-8-16;/h4-6,9-11,13,16-17,25H,1-3,7-8,12,14-15H2,(H,26,27);1H/p-1. The monoisotopic (exact) mass is 412 g/mol. The number of benzene rings is 1. The molecule has 0 radical (unpaired) electrons. The number of aliphatic carboxylic acids is 1. The van der Waals surface area contributed by atoms with Crippen LogP contribution in [0.3, 0.4) is 0 Å². The molecule has 0 aromatic heterocycles. The molecular weight excluding hydrogens is 386 g/mol. The van der Waals surface area contributed by atoms with Crippen molar-refractivity contribution < 1.29 is 14.6 Å². The third kappa shape index (κ3) is 3.13. The molecule has 1 N–H and O–H groups in total. The van der Waals surface area contributed by atoms with Crippen molar-refractivity contribution in [1.82, 2.24) is 5.32 Å². The Kier molecular flexibility index (Phi) is 5.58. The summed E-state index contributed by atoms with van der Waals surface area (Å²) < 4.78 is 6.26. The molecule has 2 aliphatic carbocycles. The van der Waals surface area contributed by atoms with E-state index < -0.39 is 5.97 Å². The highest BCUT2D eigenvalue weighted by molar-refractivity contribution is 6.18. The number of rotatable bonds is 3. The molecule has 1 saturated carbocycles. The number of carboxylic acids is 1. The number of halogens is 1. The fourth-order valence-corrected chi connectivity index (χ4v) is 5.98. The first-order valence-corrected chi connectivity index (χ1v) is 10.6. The second-order valence-corrected chi connectivity index (χ2v) is 8.48. The fraction of sp³-hybridized carbons (Fsp3) is 0.458. The molecule has 4 aliphatic rings. The lowest BCUT2D eigenvalue weighted by Crippen LogP contribution is -2.45. The molecule has 5 rings (SSSR count). The van der Waals surface area contributed by atoms with Crippen LogP contribution in [0.4, 0.5) is 0 Å². The van der Waals surface area contributed by atoms with Gasteiger partial charge in [-0.3, -0.25) is 0 Å². The molecule has 0 bridgehead atoms. The summed E-state index contributed by atoms with van der Waals surface area (Å²) in [5.41, 5.74) is 1.53. The SMILES string of the molecule is Cl.O=C([O-])C1=C2C(=CC=CC2(C2CCCCC2)C2CCNC2)Oc2ccccc21. The van der Waals surface area contributed by atoms with E-state index in [1.165, 1.54) is 19.3 Å². The van der Waals surface area contributed by atoms with Gasteiger partial charge in [0, 0.05) is 22.1 Å². The molecule has 0 amide bonds. The van der Waals surface area contributed by atoms with Crippen LogP contribution in [0.25, 0.3) is 5.57 Å². The zero-order valence-electron chi connectivity index (χ0n) is 16.5. The third-order valence-electron chi connectivity index (χ3n) is 7.15. The first kappa shape index (κ1) is 20.2. The molecular formula is C24H27ClNO3-. The number of allylic oxidation sites excluding steroid dienone is 4. The van der Waals surface area contributed by atoms with Crippen LogP contribution < -0.4 is 15.2 Å². The van der Waals surface area contributed by atoms with Crippen molar-refractivity contribution in [2.75, 3.05) is 13.1 Å². The van der Waals surface area contributed by atoms with Gasteiger partial charge in [0.15, 0.2) is 0 Å². The fourth-order valence-electron chi connectivity index (χ4n) is 5.98. The van der Waals surface area contributed by atoms with E-state index in [1.807, 2.05) is 30.3 Å². The van der Waals surface area contributed by atoms with E-state index in [2.05, 4.69) is 17.5 Å². The third-order valence-corrected chi connectivity index (χ3v) is 7.15. The second kappa shape index (κ2) is 8.00. The van der Waals surface area contributed by atoms with Gasteiger partial charge in [-0.2, -0.15) is 0 Å². The Bertz CT molecular complexity index is 891. The molecule has 2 aliphatic heterocycles. The summed E-state index contributed by atoms with van der Waals surface area (Å²) in [5.74, 6) is 1.00. The molecule has 1 aromatic carbocycles. The van der Waals surface area contributed by atoms with Crippen LogP contribution in [0.2, 0.25) is 0 Å². The van der Waals surface area contributed by atoms with E-state index in [9.17, 15) is 9.90 Å². The number of ether oxygens (including phenoxy) is 1. The Morgan fingerprint density at radius 2 is 1.90 bits per heavy atom. The highest BCUT2D eigenvalue weighted by Crippen LogP contribution is 2.58. The van der Waals surface area contributed by atoms with Gasteiger partial charge >= 0.3 is 0 Å². The van der Waals surface area contributed by atoms with E-state index in [-0.39, 0.29) is 17.8 Å². The summed E-state index contributed by atoms with van der Waals surface area (Å²) in [6.45, 7) is 1.90. The normalized spacial score (nSPS) is 28.7. The van der Waals surface area contributed by atoms with Gasteiger partial charge in [0.05, 0.1) is 5.97 Å². The van der Waals surface area contributed by atoms with Gasteiger partial charge in [0.2, 0.25) is 0 Å². The number of hydrogen-bond acceptors (Lipinski definition) is 4. The van der Waals surface area contributed by atoms with E-state index >= 15 is 0 Å². The lowest BCUT2D eigenvalue weighted by molar-refractivity contribution is -0.295. The number of carboxylic acid groups (broad SMARTS) is 1. The second-order valence-electron chi connectivity index (χ2n) is 8.48. The number of nitrogens with one attached hydrogen (secondary N) is 1. The minimum Gasteiger partial charge on any atom is -0.545 e. The lowest BCUT2D eigenvalue weighted by atomic mass is 9.55. The van der Waals surface area contributed by atoms with E-state index in [0.717, 1.165) is 37.9 Å². The summed E-state index contributed by atoms with van der Waals surface area (Å²) >= 11 is 0. The summed E-state index contributed by atoms with van der Waals surface area (Å²) in [5, 5.41) is 16.0. The van der Waals surface area contributed by atoms with E-state index in [1.54, 1.807) is 0 Å². The quantitative estimate of drug-likeness (QED) is 0.823. The minimum atomic E-state index is -1.10. The van der Waals surface area contributed by atoms with E-state index in [0.29, 0.717) is 34.5 Å². The molecule has 2 heterocycles. The first-order chi connectivity index (χ1) is 13.7. The van der Waals surface area contributed by atoms with Crippen LogP contribution in [-0.2, 0) is 4.79 Å². The van der Waals surface area contributed by atoms with Gasteiger partial charge in [-0.1, -0.05) is 49.6 Å². The van der Waals surface area contributed by atoms with Gasteiger partial charge in [-0.05, 0) is 56.3 Å². The zero-order valence-corrected chi connectivity index (χ0v) is 17.3. The van der Waals surface area contributed by atoms with Crippen LogP contribution in [0, 0.1) is 17.3 Å². The predicted molar refractivity (Wildman–Crippen MR) is 113 cm³/mol. The maximum absolute atomic E-state index is 12.5. The number of carbonyl (C=O) groups is 1. The van der Waals surface area contributed by atoms with Crippen molar-refractivity contribution in [2.45, 2.75) is 38.5 Å². The summed E-state index contributed by atoms with van der Waals surface area (Å²) in [4.78, 5) is 12.5. The molecule has 154 valence electrons. The highest BCUT2D eigenvalue weighted by Gasteiger charge is 2.51. The van der Waals surface area contributed by atoms with E-state index in [4.69, 9.17) is 4.74 Å². The maximum atomic E-state index is 12.5. The Morgan fingerprint density at radius 1 is 1.10 bits per heavy atom. The molecule has 1 aromatic rings. The van der Waals surface area contributed by atoms with Gasteiger partial charge in [0.25, 0.3) is 0 Å². The topological polar surface area (TPSA) is 61.4 Å². The van der Waals surface area contributed by atoms with Crippen LogP contribution in [0.1, 0.15) is 44.1 Å². The highest BCUT2D eigenvalue weighted by atomic mass is 35.5. The first-order valence-electron chi connectivity index (χ1n) is 10.6. The Morgan fingerprint density at radius 3 is 2.62 bits per heavy atom. The van der Waals surface area contributed by atoms with Crippen molar-refractivity contribution >= 4 is 23.9 Å². The zero-order chi connectivity index (χ0) is 19.1. The van der Waals surface area contributed by atoms with Gasteiger partial charge in [-0.25, -0.2) is 0 Å². The van der Waals surface area contributed by atoms with Gasteiger partial charge < -0.3 is 20.0 Å². The molecule has 1 saturated heterocycles. The number of hydrogen-bond donors (Lipinski definition) is 1. The average molecular weight is 413 g/mol. The molecule has 5 heteroatoms. The van der Waals surface area contributed by atoms with Crippen LogP contribution in [-0.4, -0.2) is 19.1 Å². The van der Waals surface area contributed by atoms with Crippen LogP contribution in [0.15, 0.2) is 53.8 Å². The maximum Gasteiger partial charge on any atom is 0.135 e. The van der Waals surface area contributed by atoms with Crippen molar-refractivity contribution in [2.24, 2.45) is 17.3 Å². The minimum absolute atomic E-state index is 0. The molecule has 0 spiro atoms. The van der Waals surface area contributed by atoms with Gasteiger partial charge in [-0.15, -0.1) is 12.4 Å². The van der Waals surface area contributed by atoms with Crippen LogP contribution >= 0.6 is 12.4 Å². The Labute approximate surface area is 178 Å². The number of fused-ring (bicyclic) bond motifs is 2. The summed E-state index contributed by atoms with van der Waals surface area (Å²) in [7, 11) is 0. The molecule has 4 nitrogen and oxygen atoms in total. The lowest BCUT2D eigenvalue weighted by Gasteiger charge is -2.50. The number of carbonyl (C=O) groups excluding carboxylic acids is 1.